The molecule has 1 aromatic rings. The number of benzene rings is 1. The van der Waals surface area contributed by atoms with E-state index in [2.05, 4.69) is 17.3 Å². The highest BCUT2D eigenvalue weighted by molar-refractivity contribution is 5.91. The van der Waals surface area contributed by atoms with Gasteiger partial charge in [-0.25, -0.2) is 0 Å². The Morgan fingerprint density at radius 2 is 1.93 bits per heavy atom. The Morgan fingerprint density at radius 3 is 2.64 bits per heavy atom. The summed E-state index contributed by atoms with van der Waals surface area (Å²) in [4.78, 5) is 0. The Balaban J connectivity index is 2.24. The standard InChI is InChI=1S/C12H15NO/c14-13-12-9-5-4-8-11(12)10-6-2-1-3-7-10/h1-3,6-7,11,14H,4-5,8-9H2. The van der Waals surface area contributed by atoms with Gasteiger partial charge in [0.2, 0.25) is 0 Å². The van der Waals surface area contributed by atoms with E-state index in [0.717, 1.165) is 25.0 Å². The molecule has 0 spiro atoms. The van der Waals surface area contributed by atoms with Gasteiger partial charge in [-0.05, 0) is 24.8 Å². The lowest BCUT2D eigenvalue weighted by molar-refractivity contribution is 0.312. The Kier molecular flexibility index (Phi) is 2.82. The summed E-state index contributed by atoms with van der Waals surface area (Å²) in [5.74, 6) is 0.343. The van der Waals surface area contributed by atoms with Gasteiger partial charge in [0.15, 0.2) is 0 Å². The molecule has 1 aliphatic carbocycles. The van der Waals surface area contributed by atoms with Gasteiger partial charge in [-0.1, -0.05) is 41.9 Å². The van der Waals surface area contributed by atoms with Crippen molar-refractivity contribution in [2.45, 2.75) is 31.6 Å². The summed E-state index contributed by atoms with van der Waals surface area (Å²) in [5, 5.41) is 12.3. The van der Waals surface area contributed by atoms with Crippen LogP contribution in [0.4, 0.5) is 0 Å². The van der Waals surface area contributed by atoms with Crippen LogP contribution >= 0.6 is 0 Å². The average Bonchev–Trinajstić information content (AvgIpc) is 2.30. The van der Waals surface area contributed by atoms with E-state index in [-0.39, 0.29) is 0 Å². The summed E-state index contributed by atoms with van der Waals surface area (Å²) >= 11 is 0. The molecule has 1 unspecified atom stereocenters. The maximum Gasteiger partial charge on any atom is 0.0645 e. The summed E-state index contributed by atoms with van der Waals surface area (Å²) in [5.41, 5.74) is 2.22. The fourth-order valence-electron chi connectivity index (χ4n) is 2.16. The minimum atomic E-state index is 0.343. The molecule has 2 nitrogen and oxygen atoms in total. The Hall–Kier alpha value is -1.31. The average molecular weight is 189 g/mol. The fourth-order valence-corrected chi connectivity index (χ4v) is 2.16. The number of hydrogen-bond acceptors (Lipinski definition) is 2. The van der Waals surface area contributed by atoms with Crippen LogP contribution in [0.3, 0.4) is 0 Å². The van der Waals surface area contributed by atoms with Gasteiger partial charge in [-0.15, -0.1) is 0 Å². The van der Waals surface area contributed by atoms with Gasteiger partial charge in [0.1, 0.15) is 0 Å². The topological polar surface area (TPSA) is 32.6 Å². The van der Waals surface area contributed by atoms with Crippen molar-refractivity contribution in [3.8, 4) is 0 Å². The van der Waals surface area contributed by atoms with E-state index in [1.165, 1.54) is 12.0 Å². The zero-order valence-electron chi connectivity index (χ0n) is 8.19. The summed E-state index contributed by atoms with van der Waals surface area (Å²) in [6, 6.07) is 10.3. The van der Waals surface area contributed by atoms with E-state index >= 15 is 0 Å². The van der Waals surface area contributed by atoms with Crippen LogP contribution in [0.5, 0.6) is 0 Å². The molecule has 0 radical (unpaired) electrons. The Labute approximate surface area is 84.3 Å². The quantitative estimate of drug-likeness (QED) is 0.534. The molecule has 1 fully saturated rings. The van der Waals surface area contributed by atoms with Gasteiger partial charge >= 0.3 is 0 Å². The minimum absolute atomic E-state index is 0.343. The predicted molar refractivity (Wildman–Crippen MR) is 56.9 cm³/mol. The van der Waals surface area contributed by atoms with E-state index in [0.29, 0.717) is 5.92 Å². The van der Waals surface area contributed by atoms with Gasteiger partial charge in [0, 0.05) is 5.92 Å². The van der Waals surface area contributed by atoms with Crippen molar-refractivity contribution in [1.82, 2.24) is 0 Å². The number of oxime groups is 1. The highest BCUT2D eigenvalue weighted by atomic mass is 16.4. The fraction of sp³-hybridized carbons (Fsp3) is 0.417. The summed E-state index contributed by atoms with van der Waals surface area (Å²) in [7, 11) is 0. The SMILES string of the molecule is ON=C1CCCCC1c1ccccc1. The summed E-state index contributed by atoms with van der Waals surface area (Å²) in [6.45, 7) is 0. The van der Waals surface area contributed by atoms with E-state index in [1.807, 2.05) is 18.2 Å². The smallest absolute Gasteiger partial charge is 0.0645 e. The third-order valence-electron chi connectivity index (χ3n) is 2.91. The van der Waals surface area contributed by atoms with E-state index in [9.17, 15) is 0 Å². The summed E-state index contributed by atoms with van der Waals surface area (Å²) in [6.07, 6.45) is 4.45. The van der Waals surface area contributed by atoms with Crippen LogP contribution in [0.1, 0.15) is 37.2 Å². The van der Waals surface area contributed by atoms with Gasteiger partial charge in [-0.2, -0.15) is 0 Å². The van der Waals surface area contributed by atoms with Crippen molar-refractivity contribution in [2.75, 3.05) is 0 Å². The largest absolute Gasteiger partial charge is 0.411 e. The lowest BCUT2D eigenvalue weighted by Crippen LogP contribution is -2.17. The molecular weight excluding hydrogens is 174 g/mol. The van der Waals surface area contributed by atoms with Crippen molar-refractivity contribution in [3.05, 3.63) is 35.9 Å². The van der Waals surface area contributed by atoms with Crippen molar-refractivity contribution in [2.24, 2.45) is 5.16 Å². The number of nitrogens with zero attached hydrogens (tertiary/aromatic N) is 1. The normalized spacial score (nSPS) is 25.1. The summed E-state index contributed by atoms with van der Waals surface area (Å²) < 4.78 is 0. The second-order valence-electron chi connectivity index (χ2n) is 3.80. The lowest BCUT2D eigenvalue weighted by atomic mass is 9.82. The molecule has 0 aliphatic heterocycles. The van der Waals surface area contributed by atoms with Gasteiger partial charge in [0.25, 0.3) is 0 Å². The van der Waals surface area contributed by atoms with Gasteiger partial charge in [-0.3, -0.25) is 0 Å². The highest BCUT2D eigenvalue weighted by Gasteiger charge is 2.22. The Bertz CT molecular complexity index is 318. The molecule has 2 heteroatoms. The minimum Gasteiger partial charge on any atom is -0.411 e. The first-order valence-corrected chi connectivity index (χ1v) is 5.17. The van der Waals surface area contributed by atoms with Crippen LogP contribution in [0.15, 0.2) is 35.5 Å². The molecular formula is C12H15NO. The third-order valence-corrected chi connectivity index (χ3v) is 2.91. The van der Waals surface area contributed by atoms with Crippen molar-refractivity contribution in [1.29, 1.82) is 0 Å². The van der Waals surface area contributed by atoms with Crippen LogP contribution < -0.4 is 0 Å². The van der Waals surface area contributed by atoms with Gasteiger partial charge in [0.05, 0.1) is 5.71 Å². The molecule has 0 heterocycles. The predicted octanol–water partition coefficient (Wildman–Crippen LogP) is 3.17. The molecule has 0 amide bonds. The van der Waals surface area contributed by atoms with Crippen LogP contribution in [0, 0.1) is 0 Å². The molecule has 0 saturated heterocycles. The Morgan fingerprint density at radius 1 is 1.14 bits per heavy atom. The second-order valence-corrected chi connectivity index (χ2v) is 3.80. The highest BCUT2D eigenvalue weighted by Crippen LogP contribution is 2.30. The molecule has 0 aromatic heterocycles. The maximum atomic E-state index is 8.91. The third kappa shape index (κ3) is 1.79. The second kappa shape index (κ2) is 4.27. The van der Waals surface area contributed by atoms with Crippen LogP contribution in [0.25, 0.3) is 0 Å². The molecule has 1 N–H and O–H groups in total. The van der Waals surface area contributed by atoms with Crippen LogP contribution in [-0.4, -0.2) is 10.9 Å². The molecule has 0 bridgehead atoms. The molecule has 1 atom stereocenters. The monoisotopic (exact) mass is 189 g/mol. The van der Waals surface area contributed by atoms with Crippen LogP contribution in [-0.2, 0) is 0 Å². The molecule has 1 aromatic carbocycles. The molecule has 74 valence electrons. The van der Waals surface area contributed by atoms with Gasteiger partial charge < -0.3 is 5.21 Å². The zero-order chi connectivity index (χ0) is 9.80. The zero-order valence-corrected chi connectivity index (χ0v) is 8.19. The van der Waals surface area contributed by atoms with Crippen molar-refractivity contribution < 1.29 is 5.21 Å². The first kappa shape index (κ1) is 9.25. The van der Waals surface area contributed by atoms with E-state index in [1.54, 1.807) is 0 Å². The van der Waals surface area contributed by atoms with Crippen molar-refractivity contribution >= 4 is 5.71 Å². The molecule has 2 rings (SSSR count). The molecule has 1 aliphatic rings. The molecule has 14 heavy (non-hydrogen) atoms. The first-order chi connectivity index (χ1) is 6.92. The van der Waals surface area contributed by atoms with Crippen molar-refractivity contribution in [3.63, 3.8) is 0 Å². The van der Waals surface area contributed by atoms with E-state index in [4.69, 9.17) is 5.21 Å². The van der Waals surface area contributed by atoms with Crippen LogP contribution in [0.2, 0.25) is 0 Å². The molecule has 1 saturated carbocycles. The number of rotatable bonds is 1. The lowest BCUT2D eigenvalue weighted by Gasteiger charge is -2.23. The van der Waals surface area contributed by atoms with E-state index < -0.39 is 0 Å². The number of hydrogen-bond donors (Lipinski definition) is 1. The maximum absolute atomic E-state index is 8.91. The first-order valence-electron chi connectivity index (χ1n) is 5.17.